The first-order valence-electron chi connectivity index (χ1n) is 5.12. The molecule has 1 heterocycles. The molecular weight excluding hydrogens is 208 g/mol. The molecule has 1 rings (SSSR count). The van der Waals surface area contributed by atoms with Crippen LogP contribution in [-0.2, 0) is 0 Å². The number of nitrogens with zero attached hydrogens (tertiary/aromatic N) is 3. The minimum Gasteiger partial charge on any atom is -0.366 e. The van der Waals surface area contributed by atoms with E-state index in [4.69, 9.17) is 5.73 Å². The molecule has 0 aliphatic rings. The number of anilines is 1. The zero-order chi connectivity index (χ0) is 12.1. The largest absolute Gasteiger partial charge is 0.366 e. The summed E-state index contributed by atoms with van der Waals surface area (Å²) >= 11 is 0. The first kappa shape index (κ1) is 12.4. The molecule has 0 bridgehead atoms. The summed E-state index contributed by atoms with van der Waals surface area (Å²) in [5.74, 6) is -0.0595. The van der Waals surface area contributed by atoms with Crippen molar-refractivity contribution in [3.63, 3.8) is 0 Å². The number of hydrogen-bond donors (Lipinski definition) is 3. The molecule has 7 nitrogen and oxygen atoms in total. The lowest BCUT2D eigenvalue weighted by Crippen LogP contribution is -2.35. The summed E-state index contributed by atoms with van der Waals surface area (Å²) in [5.41, 5.74) is 5.31. The number of nitrogen functional groups attached to an aromatic ring is 1. The smallest absolute Gasteiger partial charge is 0.288 e. The summed E-state index contributed by atoms with van der Waals surface area (Å²) in [6.07, 6.45) is 0.877. The fourth-order valence-corrected chi connectivity index (χ4v) is 1.19. The normalized spacial score (nSPS) is 12.8. The second-order valence-electron chi connectivity index (χ2n) is 4.01. The van der Waals surface area contributed by atoms with Gasteiger partial charge in [-0.15, -0.1) is 5.10 Å². The molecule has 0 fully saturated rings. The number of amides is 1. The zero-order valence-electron chi connectivity index (χ0n) is 9.82. The quantitative estimate of drug-likeness (QED) is 0.626. The van der Waals surface area contributed by atoms with Gasteiger partial charge in [-0.05, 0) is 34.0 Å². The fourth-order valence-electron chi connectivity index (χ4n) is 1.19. The Balaban J connectivity index is 2.39. The van der Waals surface area contributed by atoms with Crippen LogP contribution in [0, 0.1) is 0 Å². The third-order valence-electron chi connectivity index (χ3n) is 2.10. The summed E-state index contributed by atoms with van der Waals surface area (Å²) in [5, 5.41) is 8.87. The molecule has 1 aromatic rings. The summed E-state index contributed by atoms with van der Waals surface area (Å²) in [6.45, 7) is 2.86. The Morgan fingerprint density at radius 2 is 2.31 bits per heavy atom. The summed E-state index contributed by atoms with van der Waals surface area (Å²) in [4.78, 5) is 17.4. The Hall–Kier alpha value is -1.63. The van der Waals surface area contributed by atoms with Crippen LogP contribution < -0.4 is 11.1 Å². The molecule has 16 heavy (non-hydrogen) atoms. The number of rotatable bonds is 5. The molecule has 1 aromatic heterocycles. The maximum atomic E-state index is 11.6. The molecule has 1 atom stereocenters. The molecule has 0 saturated carbocycles. The van der Waals surface area contributed by atoms with Crippen molar-refractivity contribution in [2.75, 3.05) is 26.4 Å². The number of aromatic amines is 1. The van der Waals surface area contributed by atoms with Crippen molar-refractivity contribution in [3.8, 4) is 0 Å². The number of carbonyl (C=O) groups is 1. The van der Waals surface area contributed by atoms with Crippen LogP contribution in [0.5, 0.6) is 0 Å². The molecule has 0 aromatic carbocycles. The van der Waals surface area contributed by atoms with E-state index in [-0.39, 0.29) is 23.7 Å². The van der Waals surface area contributed by atoms with Gasteiger partial charge in [0.05, 0.1) is 0 Å². The highest BCUT2D eigenvalue weighted by Crippen LogP contribution is 1.96. The van der Waals surface area contributed by atoms with E-state index in [2.05, 4.69) is 25.4 Å². The Labute approximate surface area is 94.4 Å². The number of carbonyl (C=O) groups excluding carboxylic acids is 1. The van der Waals surface area contributed by atoms with Crippen molar-refractivity contribution in [1.82, 2.24) is 25.4 Å². The third kappa shape index (κ3) is 3.85. The summed E-state index contributed by atoms with van der Waals surface area (Å²) in [7, 11) is 3.98. The van der Waals surface area contributed by atoms with Crippen LogP contribution in [0.4, 0.5) is 5.95 Å². The fraction of sp³-hybridized carbons (Fsp3) is 0.667. The van der Waals surface area contributed by atoms with Gasteiger partial charge in [-0.25, -0.2) is 0 Å². The Morgan fingerprint density at radius 3 is 2.81 bits per heavy atom. The van der Waals surface area contributed by atoms with Gasteiger partial charge in [-0.2, -0.15) is 4.98 Å². The number of aromatic nitrogens is 3. The standard InChI is InChI=1S/C9H18N6O/c1-6(4-5-15(2)3)11-8(16)7-12-9(10)14-13-7/h6H,4-5H2,1-3H3,(H,11,16)(H3,10,12,13,14). The lowest BCUT2D eigenvalue weighted by atomic mass is 10.2. The lowest BCUT2D eigenvalue weighted by molar-refractivity contribution is 0.0926. The number of hydrogen-bond acceptors (Lipinski definition) is 5. The van der Waals surface area contributed by atoms with Crippen molar-refractivity contribution < 1.29 is 4.79 Å². The molecule has 1 amide bonds. The van der Waals surface area contributed by atoms with Gasteiger partial charge in [0.1, 0.15) is 0 Å². The monoisotopic (exact) mass is 226 g/mol. The molecule has 1 unspecified atom stereocenters. The van der Waals surface area contributed by atoms with Crippen LogP contribution in [0.15, 0.2) is 0 Å². The van der Waals surface area contributed by atoms with Gasteiger partial charge in [-0.3, -0.25) is 9.89 Å². The predicted octanol–water partition coefficient (Wildman–Crippen LogP) is -0.543. The van der Waals surface area contributed by atoms with Gasteiger partial charge < -0.3 is 16.0 Å². The highest BCUT2D eigenvalue weighted by molar-refractivity contribution is 5.90. The van der Waals surface area contributed by atoms with Crippen LogP contribution >= 0.6 is 0 Å². The van der Waals surface area contributed by atoms with E-state index in [9.17, 15) is 4.79 Å². The maximum absolute atomic E-state index is 11.6. The lowest BCUT2D eigenvalue weighted by Gasteiger charge is -2.15. The van der Waals surface area contributed by atoms with Gasteiger partial charge in [-0.1, -0.05) is 0 Å². The van der Waals surface area contributed by atoms with Crippen LogP contribution in [0.2, 0.25) is 0 Å². The molecule has 0 aliphatic carbocycles. The van der Waals surface area contributed by atoms with Crippen LogP contribution in [0.25, 0.3) is 0 Å². The van der Waals surface area contributed by atoms with Gasteiger partial charge in [0.15, 0.2) is 0 Å². The van der Waals surface area contributed by atoms with E-state index in [0.29, 0.717) is 0 Å². The van der Waals surface area contributed by atoms with Gasteiger partial charge in [0, 0.05) is 6.04 Å². The second kappa shape index (κ2) is 5.45. The van der Waals surface area contributed by atoms with Gasteiger partial charge in [0.25, 0.3) is 5.91 Å². The number of nitrogens with one attached hydrogen (secondary N) is 2. The van der Waals surface area contributed by atoms with E-state index in [1.54, 1.807) is 0 Å². The average Bonchev–Trinajstić information content (AvgIpc) is 2.62. The van der Waals surface area contributed by atoms with Crippen molar-refractivity contribution in [1.29, 1.82) is 0 Å². The Morgan fingerprint density at radius 1 is 1.62 bits per heavy atom. The first-order valence-corrected chi connectivity index (χ1v) is 5.12. The minimum atomic E-state index is -0.282. The number of nitrogens with two attached hydrogens (primary N) is 1. The van der Waals surface area contributed by atoms with Crippen LogP contribution in [-0.4, -0.2) is 52.7 Å². The molecule has 7 heteroatoms. The maximum Gasteiger partial charge on any atom is 0.288 e. The molecule has 0 radical (unpaired) electrons. The summed E-state index contributed by atoms with van der Waals surface area (Å²) < 4.78 is 0. The first-order chi connectivity index (χ1) is 7.49. The van der Waals surface area contributed by atoms with Crippen molar-refractivity contribution in [2.24, 2.45) is 0 Å². The molecule has 0 saturated heterocycles. The molecule has 0 aliphatic heterocycles. The molecule has 4 N–H and O–H groups in total. The molecule has 90 valence electrons. The van der Waals surface area contributed by atoms with E-state index >= 15 is 0 Å². The summed E-state index contributed by atoms with van der Waals surface area (Å²) in [6, 6.07) is 0.0845. The number of H-pyrrole nitrogens is 1. The highest BCUT2D eigenvalue weighted by atomic mass is 16.2. The minimum absolute atomic E-state index is 0.0751. The van der Waals surface area contributed by atoms with Gasteiger partial charge in [0.2, 0.25) is 11.8 Å². The van der Waals surface area contributed by atoms with Crippen LogP contribution in [0.3, 0.4) is 0 Å². The highest BCUT2D eigenvalue weighted by Gasteiger charge is 2.13. The van der Waals surface area contributed by atoms with Crippen molar-refractivity contribution in [2.45, 2.75) is 19.4 Å². The van der Waals surface area contributed by atoms with Crippen molar-refractivity contribution in [3.05, 3.63) is 5.82 Å². The topological polar surface area (TPSA) is 99.9 Å². The van der Waals surface area contributed by atoms with Gasteiger partial charge >= 0.3 is 0 Å². The van der Waals surface area contributed by atoms with Crippen LogP contribution in [0.1, 0.15) is 24.0 Å². The third-order valence-corrected chi connectivity index (χ3v) is 2.10. The van der Waals surface area contributed by atoms with E-state index in [1.807, 2.05) is 21.0 Å². The zero-order valence-corrected chi connectivity index (χ0v) is 9.82. The molecule has 0 spiro atoms. The second-order valence-corrected chi connectivity index (χ2v) is 4.01. The van der Waals surface area contributed by atoms with E-state index in [1.165, 1.54) is 0 Å². The van der Waals surface area contributed by atoms with Crippen molar-refractivity contribution >= 4 is 11.9 Å². The predicted molar refractivity (Wildman–Crippen MR) is 60.9 cm³/mol. The Bertz CT molecular complexity index is 348. The Kier molecular flexibility index (Phi) is 4.24. The van der Waals surface area contributed by atoms with E-state index < -0.39 is 0 Å². The molecular formula is C9H18N6O. The SMILES string of the molecule is CC(CCN(C)C)NC(=O)c1nc(N)n[nH]1. The average molecular weight is 226 g/mol. The van der Waals surface area contributed by atoms with E-state index in [0.717, 1.165) is 13.0 Å².